The molecule has 0 aromatic heterocycles. The average Bonchev–Trinajstić information content (AvgIpc) is 2.15. The van der Waals surface area contributed by atoms with E-state index in [1.165, 1.54) is 6.08 Å². The summed E-state index contributed by atoms with van der Waals surface area (Å²) in [6, 6.07) is 7.71. The molecule has 1 nitrogen and oxygen atoms in total. The van der Waals surface area contributed by atoms with Gasteiger partial charge in [0, 0.05) is 5.88 Å². The van der Waals surface area contributed by atoms with Crippen molar-refractivity contribution in [1.29, 1.82) is 0 Å². The first-order valence-electron chi connectivity index (χ1n) is 3.64. The molecule has 0 spiro atoms. The van der Waals surface area contributed by atoms with Crippen LogP contribution in [-0.2, 0) is 10.7 Å². The number of halogens is 1. The lowest BCUT2D eigenvalue weighted by Gasteiger charge is -1.99. The summed E-state index contributed by atoms with van der Waals surface area (Å²) < 4.78 is 0. The van der Waals surface area contributed by atoms with Gasteiger partial charge in [0.2, 0.25) is 0 Å². The van der Waals surface area contributed by atoms with Gasteiger partial charge in [-0.3, -0.25) is 4.79 Å². The van der Waals surface area contributed by atoms with Crippen LogP contribution >= 0.6 is 11.6 Å². The molecule has 0 N–H and O–H groups in total. The molecule has 0 bridgehead atoms. The third-order valence-corrected chi connectivity index (χ3v) is 1.84. The number of benzene rings is 1. The lowest BCUT2D eigenvalue weighted by atomic mass is 10.1. The van der Waals surface area contributed by atoms with Crippen LogP contribution in [0.5, 0.6) is 0 Å². The number of alkyl halides is 1. The van der Waals surface area contributed by atoms with Crippen molar-refractivity contribution in [2.24, 2.45) is 0 Å². The first kappa shape index (κ1) is 9.01. The standard InChI is InChI=1S/C10H9ClO/c11-8-10-5-2-1-4-9(10)6-3-7-12/h1-7H,8H2. The Morgan fingerprint density at radius 3 is 2.75 bits per heavy atom. The molecule has 0 amide bonds. The van der Waals surface area contributed by atoms with Gasteiger partial charge < -0.3 is 0 Å². The van der Waals surface area contributed by atoms with E-state index in [0.717, 1.165) is 17.4 Å². The molecule has 0 fully saturated rings. The molecule has 1 aromatic rings. The molecule has 0 radical (unpaired) electrons. The van der Waals surface area contributed by atoms with Crippen LogP contribution in [0, 0.1) is 0 Å². The highest BCUT2D eigenvalue weighted by molar-refractivity contribution is 6.17. The summed E-state index contributed by atoms with van der Waals surface area (Å²) in [5.74, 6) is 0.472. The Morgan fingerprint density at radius 1 is 1.33 bits per heavy atom. The van der Waals surface area contributed by atoms with Gasteiger partial charge in [-0.05, 0) is 17.2 Å². The van der Waals surface area contributed by atoms with E-state index in [0.29, 0.717) is 5.88 Å². The lowest BCUT2D eigenvalue weighted by molar-refractivity contribution is -0.104. The summed E-state index contributed by atoms with van der Waals surface area (Å²) in [7, 11) is 0. The van der Waals surface area contributed by atoms with E-state index in [4.69, 9.17) is 11.6 Å². The van der Waals surface area contributed by atoms with Gasteiger partial charge in [0.15, 0.2) is 0 Å². The smallest absolute Gasteiger partial charge is 0.142 e. The van der Waals surface area contributed by atoms with Crippen molar-refractivity contribution >= 4 is 24.0 Å². The second kappa shape index (κ2) is 4.73. The summed E-state index contributed by atoms with van der Waals surface area (Å²) in [6.45, 7) is 0. The average molecular weight is 181 g/mol. The Hall–Kier alpha value is -1.08. The Bertz CT molecular complexity index is 292. The summed E-state index contributed by atoms with van der Waals surface area (Å²) in [5, 5.41) is 0. The number of carbonyl (C=O) groups is 1. The minimum atomic E-state index is 0.472. The predicted octanol–water partition coefficient (Wildman–Crippen LogP) is 2.64. The number of hydrogen-bond donors (Lipinski definition) is 0. The van der Waals surface area contributed by atoms with Crippen LogP contribution in [0.1, 0.15) is 11.1 Å². The van der Waals surface area contributed by atoms with Crippen molar-refractivity contribution in [1.82, 2.24) is 0 Å². The van der Waals surface area contributed by atoms with Gasteiger partial charge >= 0.3 is 0 Å². The molecular weight excluding hydrogens is 172 g/mol. The highest BCUT2D eigenvalue weighted by Crippen LogP contribution is 2.12. The Kier molecular flexibility index (Phi) is 3.55. The molecule has 0 aliphatic carbocycles. The van der Waals surface area contributed by atoms with Crippen molar-refractivity contribution in [2.75, 3.05) is 0 Å². The summed E-state index contributed by atoms with van der Waals surface area (Å²) >= 11 is 5.69. The maximum atomic E-state index is 10.1. The number of allylic oxidation sites excluding steroid dienone is 1. The van der Waals surface area contributed by atoms with Gasteiger partial charge in [0.05, 0.1) is 0 Å². The predicted molar refractivity (Wildman–Crippen MR) is 51.1 cm³/mol. The molecule has 12 heavy (non-hydrogen) atoms. The maximum Gasteiger partial charge on any atom is 0.142 e. The largest absolute Gasteiger partial charge is 0.299 e. The van der Waals surface area contributed by atoms with Gasteiger partial charge in [-0.2, -0.15) is 0 Å². The van der Waals surface area contributed by atoms with Crippen LogP contribution < -0.4 is 0 Å². The molecular formula is C10H9ClO. The SMILES string of the molecule is O=CC=Cc1ccccc1CCl. The molecule has 0 unspecified atom stereocenters. The van der Waals surface area contributed by atoms with E-state index in [1.54, 1.807) is 6.08 Å². The van der Waals surface area contributed by atoms with E-state index in [-0.39, 0.29) is 0 Å². The fourth-order valence-corrected chi connectivity index (χ4v) is 1.20. The van der Waals surface area contributed by atoms with Gasteiger partial charge in [-0.15, -0.1) is 11.6 Å². The fraction of sp³-hybridized carbons (Fsp3) is 0.100. The molecule has 0 saturated carbocycles. The van der Waals surface area contributed by atoms with Crippen LogP contribution in [0.2, 0.25) is 0 Å². The Labute approximate surface area is 76.7 Å². The Balaban J connectivity index is 2.96. The number of carbonyl (C=O) groups excluding carboxylic acids is 1. The van der Waals surface area contributed by atoms with Crippen molar-refractivity contribution in [2.45, 2.75) is 5.88 Å². The minimum absolute atomic E-state index is 0.472. The minimum Gasteiger partial charge on any atom is -0.299 e. The van der Waals surface area contributed by atoms with E-state index in [1.807, 2.05) is 24.3 Å². The first-order chi connectivity index (χ1) is 5.88. The zero-order chi connectivity index (χ0) is 8.81. The van der Waals surface area contributed by atoms with Gasteiger partial charge in [0.25, 0.3) is 0 Å². The summed E-state index contributed by atoms with van der Waals surface area (Å²) in [6.07, 6.45) is 3.97. The van der Waals surface area contributed by atoms with E-state index in [2.05, 4.69) is 0 Å². The molecule has 0 aliphatic rings. The first-order valence-corrected chi connectivity index (χ1v) is 4.17. The second-order valence-electron chi connectivity index (χ2n) is 2.33. The highest BCUT2D eigenvalue weighted by atomic mass is 35.5. The fourth-order valence-electron chi connectivity index (χ4n) is 0.961. The summed E-state index contributed by atoms with van der Waals surface area (Å²) in [5.41, 5.74) is 2.04. The molecule has 2 heteroatoms. The van der Waals surface area contributed by atoms with E-state index >= 15 is 0 Å². The van der Waals surface area contributed by atoms with Crippen LogP contribution in [-0.4, -0.2) is 6.29 Å². The topological polar surface area (TPSA) is 17.1 Å². The monoisotopic (exact) mass is 180 g/mol. The van der Waals surface area contributed by atoms with Crippen LogP contribution in [0.4, 0.5) is 0 Å². The van der Waals surface area contributed by atoms with Crippen molar-refractivity contribution in [3.05, 3.63) is 41.5 Å². The lowest BCUT2D eigenvalue weighted by Crippen LogP contribution is -1.82. The van der Waals surface area contributed by atoms with Crippen LogP contribution in [0.3, 0.4) is 0 Å². The quantitative estimate of drug-likeness (QED) is 0.397. The molecule has 0 aliphatic heterocycles. The van der Waals surface area contributed by atoms with Crippen LogP contribution in [0.25, 0.3) is 6.08 Å². The van der Waals surface area contributed by atoms with Crippen molar-refractivity contribution in [3.8, 4) is 0 Å². The van der Waals surface area contributed by atoms with Crippen molar-refractivity contribution < 1.29 is 4.79 Å². The molecule has 0 saturated heterocycles. The van der Waals surface area contributed by atoms with E-state index < -0.39 is 0 Å². The maximum absolute atomic E-state index is 10.1. The highest BCUT2D eigenvalue weighted by Gasteiger charge is 1.94. The van der Waals surface area contributed by atoms with E-state index in [9.17, 15) is 4.79 Å². The third kappa shape index (κ3) is 2.21. The van der Waals surface area contributed by atoms with Gasteiger partial charge in [-0.1, -0.05) is 30.3 Å². The van der Waals surface area contributed by atoms with Crippen LogP contribution in [0.15, 0.2) is 30.3 Å². The molecule has 1 aromatic carbocycles. The number of rotatable bonds is 3. The molecule has 0 heterocycles. The Morgan fingerprint density at radius 2 is 2.08 bits per heavy atom. The molecule has 0 atom stereocenters. The zero-order valence-electron chi connectivity index (χ0n) is 6.53. The van der Waals surface area contributed by atoms with Gasteiger partial charge in [0.1, 0.15) is 6.29 Å². The van der Waals surface area contributed by atoms with Gasteiger partial charge in [-0.25, -0.2) is 0 Å². The summed E-state index contributed by atoms with van der Waals surface area (Å²) in [4.78, 5) is 10.1. The molecule has 62 valence electrons. The normalized spacial score (nSPS) is 10.4. The zero-order valence-corrected chi connectivity index (χ0v) is 7.29. The second-order valence-corrected chi connectivity index (χ2v) is 2.59. The number of hydrogen-bond acceptors (Lipinski definition) is 1. The van der Waals surface area contributed by atoms with Crippen molar-refractivity contribution in [3.63, 3.8) is 0 Å². The molecule has 1 rings (SSSR count). The number of aldehydes is 1. The third-order valence-electron chi connectivity index (χ3n) is 1.55.